The van der Waals surface area contributed by atoms with E-state index in [0.717, 1.165) is 24.0 Å². The standard InChI is InChI=1S/C22H26O3/c1-4-16(5-2)15-20(21(23)18-9-7-6-8-10-18)17-11-13-19(14-12-17)22(24)25-3/h6-15,20-21,23H,4-5H2,1-3H3/t20-,21-/m0/s1. The number of carbonyl (C=O) groups excluding carboxylic acids is 1. The van der Waals surface area contributed by atoms with Crippen LogP contribution in [0, 0.1) is 0 Å². The maximum Gasteiger partial charge on any atom is 0.337 e. The van der Waals surface area contributed by atoms with Gasteiger partial charge in [0.05, 0.1) is 18.8 Å². The lowest BCUT2D eigenvalue weighted by atomic mass is 9.86. The summed E-state index contributed by atoms with van der Waals surface area (Å²) in [4.78, 5) is 11.6. The van der Waals surface area contributed by atoms with Crippen LogP contribution in [0.1, 0.15) is 60.2 Å². The summed E-state index contributed by atoms with van der Waals surface area (Å²) in [6.45, 7) is 4.25. The van der Waals surface area contributed by atoms with Crippen LogP contribution in [-0.2, 0) is 4.74 Å². The zero-order valence-corrected chi connectivity index (χ0v) is 15.1. The molecule has 2 aromatic rings. The van der Waals surface area contributed by atoms with E-state index < -0.39 is 6.10 Å². The molecule has 0 aliphatic heterocycles. The van der Waals surface area contributed by atoms with Gasteiger partial charge >= 0.3 is 5.97 Å². The molecule has 0 heterocycles. The SMILES string of the molecule is CCC(=C[C@@H](c1ccc(C(=O)OC)cc1)[C@@H](O)c1ccccc1)CC. The molecule has 0 saturated carbocycles. The van der Waals surface area contributed by atoms with Crippen LogP contribution in [0.5, 0.6) is 0 Å². The van der Waals surface area contributed by atoms with Gasteiger partial charge in [0.1, 0.15) is 0 Å². The Balaban J connectivity index is 2.41. The number of benzene rings is 2. The van der Waals surface area contributed by atoms with E-state index in [0.29, 0.717) is 5.56 Å². The van der Waals surface area contributed by atoms with E-state index in [2.05, 4.69) is 19.9 Å². The molecule has 2 aromatic carbocycles. The summed E-state index contributed by atoms with van der Waals surface area (Å²) < 4.78 is 4.75. The van der Waals surface area contributed by atoms with Crippen molar-refractivity contribution in [3.8, 4) is 0 Å². The molecule has 3 nitrogen and oxygen atoms in total. The number of carbonyl (C=O) groups is 1. The van der Waals surface area contributed by atoms with E-state index >= 15 is 0 Å². The Bertz CT molecular complexity index is 696. The number of ether oxygens (including phenoxy) is 1. The van der Waals surface area contributed by atoms with Gasteiger partial charge in [-0.3, -0.25) is 0 Å². The van der Waals surface area contributed by atoms with Gasteiger partial charge in [0.2, 0.25) is 0 Å². The van der Waals surface area contributed by atoms with Crippen LogP contribution >= 0.6 is 0 Å². The van der Waals surface area contributed by atoms with Crippen LogP contribution in [0.2, 0.25) is 0 Å². The molecule has 0 amide bonds. The number of hydrogen-bond acceptors (Lipinski definition) is 3. The van der Waals surface area contributed by atoms with E-state index in [4.69, 9.17) is 4.74 Å². The van der Waals surface area contributed by atoms with Crippen molar-refractivity contribution >= 4 is 5.97 Å². The van der Waals surface area contributed by atoms with Crippen LogP contribution in [-0.4, -0.2) is 18.2 Å². The average Bonchev–Trinajstić information content (AvgIpc) is 2.69. The zero-order chi connectivity index (χ0) is 18.2. The van der Waals surface area contributed by atoms with Crippen molar-refractivity contribution in [3.63, 3.8) is 0 Å². The van der Waals surface area contributed by atoms with E-state index in [1.54, 1.807) is 12.1 Å². The van der Waals surface area contributed by atoms with Crippen molar-refractivity contribution in [2.45, 2.75) is 38.7 Å². The Morgan fingerprint density at radius 2 is 1.60 bits per heavy atom. The van der Waals surface area contributed by atoms with Crippen LogP contribution in [0.4, 0.5) is 0 Å². The van der Waals surface area contributed by atoms with Crippen molar-refractivity contribution in [3.05, 3.63) is 82.9 Å². The molecule has 0 aromatic heterocycles. The number of esters is 1. The molecule has 0 aliphatic rings. The first-order valence-corrected chi connectivity index (χ1v) is 8.71. The fourth-order valence-corrected chi connectivity index (χ4v) is 2.93. The van der Waals surface area contributed by atoms with Gasteiger partial charge in [-0.2, -0.15) is 0 Å². The minimum atomic E-state index is -0.640. The first-order chi connectivity index (χ1) is 12.1. The minimum absolute atomic E-state index is 0.163. The molecule has 0 unspecified atom stereocenters. The maximum absolute atomic E-state index is 11.6. The molecular formula is C22H26O3. The summed E-state index contributed by atoms with van der Waals surface area (Å²) in [5.74, 6) is -0.519. The van der Waals surface area contributed by atoms with Crippen molar-refractivity contribution < 1.29 is 14.6 Å². The molecule has 0 spiro atoms. The van der Waals surface area contributed by atoms with Gasteiger partial charge in [0.15, 0.2) is 0 Å². The van der Waals surface area contributed by atoms with E-state index in [1.165, 1.54) is 12.7 Å². The highest BCUT2D eigenvalue weighted by Gasteiger charge is 2.21. The molecule has 3 heteroatoms. The number of allylic oxidation sites excluding steroid dienone is 1. The fraction of sp³-hybridized carbons (Fsp3) is 0.318. The average molecular weight is 338 g/mol. The molecule has 0 bridgehead atoms. The number of rotatable bonds is 7. The first-order valence-electron chi connectivity index (χ1n) is 8.71. The normalized spacial score (nSPS) is 13.0. The number of hydrogen-bond donors (Lipinski definition) is 1. The second-order valence-electron chi connectivity index (χ2n) is 6.03. The van der Waals surface area contributed by atoms with Gasteiger partial charge in [0, 0.05) is 5.92 Å². The Morgan fingerprint density at radius 3 is 2.12 bits per heavy atom. The minimum Gasteiger partial charge on any atom is -0.465 e. The highest BCUT2D eigenvalue weighted by molar-refractivity contribution is 5.89. The van der Waals surface area contributed by atoms with Crippen molar-refractivity contribution in [2.24, 2.45) is 0 Å². The van der Waals surface area contributed by atoms with Crippen LogP contribution in [0.3, 0.4) is 0 Å². The van der Waals surface area contributed by atoms with Gasteiger partial charge in [-0.15, -0.1) is 0 Å². The monoisotopic (exact) mass is 338 g/mol. The molecule has 2 atom stereocenters. The Hall–Kier alpha value is -2.39. The van der Waals surface area contributed by atoms with Gasteiger partial charge in [-0.05, 0) is 36.1 Å². The third-order valence-electron chi connectivity index (χ3n) is 4.52. The lowest BCUT2D eigenvalue weighted by Crippen LogP contribution is -2.10. The lowest BCUT2D eigenvalue weighted by Gasteiger charge is -2.22. The maximum atomic E-state index is 11.6. The smallest absolute Gasteiger partial charge is 0.337 e. The molecule has 0 saturated heterocycles. The van der Waals surface area contributed by atoms with Crippen molar-refractivity contribution in [1.82, 2.24) is 0 Å². The topological polar surface area (TPSA) is 46.5 Å². The number of aliphatic hydroxyl groups is 1. The van der Waals surface area contributed by atoms with Gasteiger partial charge in [-0.1, -0.05) is 68.0 Å². The van der Waals surface area contributed by atoms with Gasteiger partial charge < -0.3 is 9.84 Å². The molecule has 0 radical (unpaired) electrons. The predicted octanol–water partition coefficient (Wildman–Crippen LogP) is 5.04. The van der Waals surface area contributed by atoms with Crippen molar-refractivity contribution in [2.75, 3.05) is 7.11 Å². The van der Waals surface area contributed by atoms with Gasteiger partial charge in [0.25, 0.3) is 0 Å². The van der Waals surface area contributed by atoms with Crippen LogP contribution < -0.4 is 0 Å². The molecule has 0 aliphatic carbocycles. The van der Waals surface area contributed by atoms with Crippen molar-refractivity contribution in [1.29, 1.82) is 0 Å². The highest BCUT2D eigenvalue weighted by Crippen LogP contribution is 2.34. The molecule has 132 valence electrons. The molecular weight excluding hydrogens is 312 g/mol. The van der Waals surface area contributed by atoms with E-state index in [9.17, 15) is 9.90 Å². The summed E-state index contributed by atoms with van der Waals surface area (Å²) >= 11 is 0. The summed E-state index contributed by atoms with van der Waals surface area (Å²) in [6.07, 6.45) is 3.42. The second-order valence-corrected chi connectivity index (χ2v) is 6.03. The summed E-state index contributed by atoms with van der Waals surface area (Å²) in [5.41, 5.74) is 3.67. The largest absolute Gasteiger partial charge is 0.465 e. The van der Waals surface area contributed by atoms with E-state index in [-0.39, 0.29) is 11.9 Å². The Morgan fingerprint density at radius 1 is 1.00 bits per heavy atom. The molecule has 1 N–H and O–H groups in total. The summed E-state index contributed by atoms with van der Waals surface area (Å²) in [5, 5.41) is 11.0. The van der Waals surface area contributed by atoms with Crippen LogP contribution in [0.15, 0.2) is 66.2 Å². The molecule has 0 fully saturated rings. The Kier molecular flexibility index (Phi) is 6.96. The third-order valence-corrected chi connectivity index (χ3v) is 4.52. The number of aliphatic hydroxyl groups excluding tert-OH is 1. The fourth-order valence-electron chi connectivity index (χ4n) is 2.93. The van der Waals surface area contributed by atoms with Gasteiger partial charge in [-0.25, -0.2) is 4.79 Å². The summed E-state index contributed by atoms with van der Waals surface area (Å²) in [6, 6.07) is 17.0. The molecule has 25 heavy (non-hydrogen) atoms. The Labute approximate surface area is 150 Å². The van der Waals surface area contributed by atoms with Crippen LogP contribution in [0.25, 0.3) is 0 Å². The predicted molar refractivity (Wildman–Crippen MR) is 101 cm³/mol. The van der Waals surface area contributed by atoms with E-state index in [1.807, 2.05) is 42.5 Å². The second kappa shape index (κ2) is 9.19. The molecule has 2 rings (SSSR count). The zero-order valence-electron chi connectivity index (χ0n) is 15.1. The quantitative estimate of drug-likeness (QED) is 0.568. The lowest BCUT2D eigenvalue weighted by molar-refractivity contribution is 0.0600. The number of methoxy groups -OCH3 is 1. The summed E-state index contributed by atoms with van der Waals surface area (Å²) in [7, 11) is 1.37. The third kappa shape index (κ3) is 4.80. The highest BCUT2D eigenvalue weighted by atomic mass is 16.5. The first kappa shape index (κ1) is 18.9.